The molecule has 0 aliphatic heterocycles. The third-order valence-electron chi connectivity index (χ3n) is 5.33. The molecule has 4 rings (SSSR count). The monoisotopic (exact) mass is 465 g/mol. The summed E-state index contributed by atoms with van der Waals surface area (Å²) in [6.45, 7) is 0.968. The molecule has 0 radical (unpaired) electrons. The fourth-order valence-electron chi connectivity index (χ4n) is 3.31. The second-order valence-corrected chi connectivity index (χ2v) is 9.31. The molecule has 2 aliphatic rings. The molecule has 154 valence electrons. The molecule has 0 unspecified atom stereocenters. The van der Waals surface area contributed by atoms with E-state index < -0.39 is 28.2 Å². The van der Waals surface area contributed by atoms with E-state index in [0.29, 0.717) is 5.56 Å². The van der Waals surface area contributed by atoms with Gasteiger partial charge in [-0.2, -0.15) is 0 Å². The first-order valence-electron chi connectivity index (χ1n) is 8.92. The predicted molar refractivity (Wildman–Crippen MR) is 112 cm³/mol. The highest BCUT2D eigenvalue weighted by molar-refractivity contribution is 6.53. The van der Waals surface area contributed by atoms with E-state index in [4.69, 9.17) is 39.5 Å². The lowest BCUT2D eigenvalue weighted by atomic mass is 9.84. The van der Waals surface area contributed by atoms with Crippen LogP contribution in [-0.2, 0) is 14.3 Å². The van der Waals surface area contributed by atoms with Crippen molar-refractivity contribution in [3.63, 3.8) is 0 Å². The number of hydrogen-bond acceptors (Lipinski definition) is 5. The quantitative estimate of drug-likeness (QED) is 0.460. The van der Waals surface area contributed by atoms with Crippen molar-refractivity contribution in [1.29, 1.82) is 0 Å². The topological polar surface area (TPSA) is 89.5 Å². The van der Waals surface area contributed by atoms with Gasteiger partial charge in [-0.3, -0.25) is 19.2 Å². The molecule has 6 nitrogen and oxygen atoms in total. The van der Waals surface area contributed by atoms with E-state index in [1.165, 1.54) is 12.1 Å². The van der Waals surface area contributed by atoms with Gasteiger partial charge in [0, 0.05) is 28.7 Å². The van der Waals surface area contributed by atoms with Crippen molar-refractivity contribution in [2.75, 3.05) is 11.9 Å². The largest absolute Gasteiger partial charge is 0.455 e. The number of halogens is 3. The van der Waals surface area contributed by atoms with Gasteiger partial charge in [0.25, 0.3) is 5.91 Å². The first-order chi connectivity index (χ1) is 14.0. The molecule has 1 atom stereocenters. The summed E-state index contributed by atoms with van der Waals surface area (Å²) < 4.78 is 3.79. The lowest BCUT2D eigenvalue weighted by molar-refractivity contribution is -0.152. The van der Waals surface area contributed by atoms with Crippen LogP contribution >= 0.6 is 34.8 Å². The van der Waals surface area contributed by atoms with Crippen molar-refractivity contribution in [2.45, 2.75) is 17.7 Å². The number of hydrogen-bond donors (Lipinski definition) is 1. The van der Waals surface area contributed by atoms with Crippen LogP contribution in [0.3, 0.4) is 0 Å². The molecule has 0 heterocycles. The normalized spacial score (nSPS) is 20.8. The van der Waals surface area contributed by atoms with Crippen molar-refractivity contribution in [1.82, 2.24) is 0 Å². The molecular weight excluding hydrogens is 453 g/mol. The number of amides is 1. The molecule has 30 heavy (non-hydrogen) atoms. The number of benzene rings is 2. The van der Waals surface area contributed by atoms with E-state index in [1.807, 2.05) is 0 Å². The van der Waals surface area contributed by atoms with Gasteiger partial charge in [0.2, 0.25) is 0 Å². The van der Waals surface area contributed by atoms with Gasteiger partial charge in [0.05, 0.1) is 10.7 Å². The zero-order valence-corrected chi connectivity index (χ0v) is 17.8. The number of rotatable bonds is 4. The number of carbonyl (C=O) groups excluding carboxylic acids is 4. The number of fused-ring (bicyclic) bond motifs is 2. The highest BCUT2D eigenvalue weighted by Crippen LogP contribution is 2.64. The van der Waals surface area contributed by atoms with Gasteiger partial charge in [0.15, 0.2) is 18.2 Å². The highest BCUT2D eigenvalue weighted by Gasteiger charge is 2.69. The van der Waals surface area contributed by atoms with Crippen molar-refractivity contribution in [3.8, 4) is 0 Å². The standard InChI is InChI=1S/C21H14Cl3NO5/c1-20(9-21(20,23)24)19(29)30-8-16(26)25-15-7-13-12(6-14(15)22)17(27)10-4-2-3-5-11(10)18(13)28/h2-7H,8-9H2,1H3,(H,25,26)/t20-/m1/s1. The van der Waals surface area contributed by atoms with Crippen LogP contribution in [0.2, 0.25) is 5.02 Å². The van der Waals surface area contributed by atoms with E-state index in [0.717, 1.165) is 0 Å². The number of carbonyl (C=O) groups is 4. The highest BCUT2D eigenvalue weighted by atomic mass is 35.5. The van der Waals surface area contributed by atoms with Gasteiger partial charge in [0.1, 0.15) is 9.75 Å². The van der Waals surface area contributed by atoms with E-state index in [1.54, 1.807) is 31.2 Å². The second-order valence-electron chi connectivity index (χ2n) is 7.42. The second kappa shape index (κ2) is 7.08. The van der Waals surface area contributed by atoms with E-state index in [9.17, 15) is 19.2 Å². The summed E-state index contributed by atoms with van der Waals surface area (Å²) in [6, 6.07) is 9.17. The summed E-state index contributed by atoms with van der Waals surface area (Å²) in [4.78, 5) is 49.8. The maximum Gasteiger partial charge on any atom is 0.315 e. The Morgan fingerprint density at radius 1 is 1.03 bits per heavy atom. The summed E-state index contributed by atoms with van der Waals surface area (Å²) >= 11 is 18.1. The van der Waals surface area contributed by atoms with Gasteiger partial charge < -0.3 is 10.1 Å². The van der Waals surface area contributed by atoms with Crippen LogP contribution in [0, 0.1) is 5.41 Å². The van der Waals surface area contributed by atoms with Crippen molar-refractivity contribution >= 4 is 63.9 Å². The summed E-state index contributed by atoms with van der Waals surface area (Å²) in [5, 5.41) is 2.56. The van der Waals surface area contributed by atoms with Gasteiger partial charge in [-0.25, -0.2) is 0 Å². The van der Waals surface area contributed by atoms with E-state index in [-0.39, 0.29) is 45.4 Å². The van der Waals surface area contributed by atoms with Gasteiger partial charge >= 0.3 is 5.97 Å². The minimum absolute atomic E-state index is 0.0728. The molecule has 2 aliphatic carbocycles. The maximum atomic E-state index is 12.8. The van der Waals surface area contributed by atoms with Gasteiger partial charge in [-0.05, 0) is 19.1 Å². The summed E-state index contributed by atoms with van der Waals surface area (Å²) in [7, 11) is 0. The predicted octanol–water partition coefficient (Wildman–Crippen LogP) is 4.18. The maximum absolute atomic E-state index is 12.8. The van der Waals surface area contributed by atoms with Crippen molar-refractivity contribution in [3.05, 3.63) is 63.7 Å². The van der Waals surface area contributed by atoms with Gasteiger partial charge in [-0.1, -0.05) is 35.9 Å². The molecule has 2 aromatic carbocycles. The number of alkyl halides is 2. The van der Waals surface area contributed by atoms with Crippen LogP contribution in [0.4, 0.5) is 5.69 Å². The van der Waals surface area contributed by atoms with E-state index in [2.05, 4.69) is 5.32 Å². The minimum atomic E-state index is -1.20. The summed E-state index contributed by atoms with van der Waals surface area (Å²) in [6.07, 6.45) is 0.234. The number of anilines is 1. The van der Waals surface area contributed by atoms with Crippen LogP contribution in [-0.4, -0.2) is 34.4 Å². The molecule has 0 spiro atoms. The molecule has 2 aromatic rings. The average molecular weight is 467 g/mol. The molecule has 1 amide bonds. The first kappa shape index (κ1) is 20.8. The minimum Gasteiger partial charge on any atom is -0.455 e. The first-order valence-corrected chi connectivity index (χ1v) is 10.1. The Balaban J connectivity index is 1.51. The Hall–Kier alpha value is -2.41. The Labute approximate surface area is 186 Å². The molecule has 0 saturated heterocycles. The summed E-state index contributed by atoms with van der Waals surface area (Å²) in [5.74, 6) is -2.02. The summed E-state index contributed by atoms with van der Waals surface area (Å²) in [5.41, 5.74) is -0.0474. The fraction of sp³-hybridized carbons (Fsp3) is 0.238. The Bertz CT molecular complexity index is 1140. The fourth-order valence-corrected chi connectivity index (χ4v) is 4.21. The molecular formula is C21H14Cl3NO5. The van der Waals surface area contributed by atoms with Crippen LogP contribution in [0.1, 0.15) is 45.2 Å². The molecule has 1 fully saturated rings. The number of ether oxygens (including phenoxy) is 1. The van der Waals surface area contributed by atoms with Gasteiger partial charge in [-0.15, -0.1) is 23.2 Å². The van der Waals surface area contributed by atoms with Crippen LogP contribution in [0.5, 0.6) is 0 Å². The molecule has 0 bridgehead atoms. The average Bonchev–Trinajstić information content (AvgIpc) is 3.24. The Morgan fingerprint density at radius 2 is 1.57 bits per heavy atom. The van der Waals surface area contributed by atoms with Crippen LogP contribution < -0.4 is 5.32 Å². The zero-order valence-electron chi connectivity index (χ0n) is 15.6. The third kappa shape index (κ3) is 3.29. The lowest BCUT2D eigenvalue weighted by Crippen LogP contribution is -2.27. The Morgan fingerprint density at radius 3 is 2.10 bits per heavy atom. The SMILES string of the molecule is C[C@]1(C(=O)OCC(=O)Nc2cc3c(cc2Cl)C(=O)c2ccccc2C3=O)CC1(Cl)Cl. The smallest absolute Gasteiger partial charge is 0.315 e. The molecule has 1 N–H and O–H groups in total. The Kier molecular flexibility index (Phi) is 4.92. The molecule has 1 saturated carbocycles. The number of ketones is 2. The van der Waals surface area contributed by atoms with Crippen LogP contribution in [0.25, 0.3) is 0 Å². The van der Waals surface area contributed by atoms with Crippen LogP contribution in [0.15, 0.2) is 36.4 Å². The number of nitrogens with one attached hydrogen (secondary N) is 1. The number of esters is 1. The third-order valence-corrected chi connectivity index (χ3v) is 6.74. The molecule has 0 aromatic heterocycles. The lowest BCUT2D eigenvalue weighted by Gasteiger charge is -2.19. The van der Waals surface area contributed by atoms with E-state index >= 15 is 0 Å². The zero-order chi connectivity index (χ0) is 21.8. The molecule has 9 heteroatoms. The van der Waals surface area contributed by atoms with Crippen molar-refractivity contribution < 1.29 is 23.9 Å². The van der Waals surface area contributed by atoms with Crippen molar-refractivity contribution in [2.24, 2.45) is 5.41 Å².